The van der Waals surface area contributed by atoms with E-state index >= 15 is 0 Å². The summed E-state index contributed by atoms with van der Waals surface area (Å²) in [5.74, 6) is -1.48. The molecule has 0 radical (unpaired) electrons. The lowest BCUT2D eigenvalue weighted by Crippen LogP contribution is -2.33. The number of rotatable bonds is 3. The molecule has 3 rings (SSSR count). The highest BCUT2D eigenvalue weighted by Crippen LogP contribution is 2.47. The number of nitrogens with one attached hydrogen (secondary N) is 1. The van der Waals surface area contributed by atoms with E-state index in [1.807, 2.05) is 0 Å². The van der Waals surface area contributed by atoms with Gasteiger partial charge in [0.15, 0.2) is 5.78 Å². The average Bonchev–Trinajstić information content (AvgIpc) is 2.58. The fourth-order valence-electron chi connectivity index (χ4n) is 3.77. The first-order chi connectivity index (χ1) is 12.0. The lowest BCUT2D eigenvalue weighted by atomic mass is 9.65. The van der Waals surface area contributed by atoms with Crippen LogP contribution in [0.25, 0.3) is 0 Å². The van der Waals surface area contributed by atoms with E-state index in [0.717, 1.165) is 31.9 Å². The number of allylic oxidation sites excluding steroid dienone is 2. The fraction of sp³-hybridized carbons (Fsp3) is 0.421. The molecular weight excluding hydrogens is 323 g/mol. The van der Waals surface area contributed by atoms with E-state index in [1.54, 1.807) is 6.07 Å². The Hall–Kier alpha value is -2.50. The van der Waals surface area contributed by atoms with Crippen LogP contribution in [0.3, 0.4) is 0 Å². The topological polar surface area (TPSA) is 78.8 Å². The zero-order valence-electron chi connectivity index (χ0n) is 13.9. The van der Waals surface area contributed by atoms with Crippen molar-refractivity contribution in [3.8, 4) is 0 Å². The van der Waals surface area contributed by atoms with Crippen LogP contribution in [0.1, 0.15) is 55.3 Å². The molecule has 0 bridgehead atoms. The summed E-state index contributed by atoms with van der Waals surface area (Å²) < 4.78 is 13.5. The minimum Gasteiger partial charge on any atom is -0.511 e. The number of ketones is 1. The van der Waals surface area contributed by atoms with Gasteiger partial charge in [-0.25, -0.2) is 9.82 Å². The van der Waals surface area contributed by atoms with E-state index in [-0.39, 0.29) is 28.1 Å². The van der Waals surface area contributed by atoms with Crippen molar-refractivity contribution in [2.45, 2.75) is 44.9 Å². The number of aliphatic hydroxyl groups is 1. The number of halogens is 1. The number of carbonyl (C=O) groups excluding carboxylic acids is 2. The molecule has 2 aliphatic carbocycles. The molecule has 2 aliphatic rings. The Morgan fingerprint density at radius 2 is 1.92 bits per heavy atom. The first-order valence-electron chi connectivity index (χ1n) is 8.54. The number of benzene rings is 1. The van der Waals surface area contributed by atoms with Crippen molar-refractivity contribution in [3.63, 3.8) is 0 Å². The van der Waals surface area contributed by atoms with E-state index < -0.39 is 11.7 Å². The molecule has 0 heterocycles. The van der Waals surface area contributed by atoms with Crippen LogP contribution in [-0.2, 0) is 4.79 Å². The predicted octanol–water partition coefficient (Wildman–Crippen LogP) is 3.67. The lowest BCUT2D eigenvalue weighted by Gasteiger charge is -2.39. The van der Waals surface area contributed by atoms with Gasteiger partial charge in [0.2, 0.25) is 0 Å². The maximum absolute atomic E-state index is 13.5. The number of aliphatic hydroxyl groups excluding tert-OH is 1. The van der Waals surface area contributed by atoms with Crippen molar-refractivity contribution >= 4 is 17.9 Å². The number of Topliss-reactive ketones (excluding diaryl/α,β-unsaturated/α-hetero) is 1. The zero-order chi connectivity index (χ0) is 17.9. The first-order valence-corrected chi connectivity index (χ1v) is 8.54. The number of carbonyl (C=O) groups is 2. The molecule has 25 heavy (non-hydrogen) atoms. The minimum absolute atomic E-state index is 0.0297. The zero-order valence-corrected chi connectivity index (χ0v) is 13.9. The maximum Gasteiger partial charge on any atom is 0.274 e. The Labute approximate surface area is 145 Å². The largest absolute Gasteiger partial charge is 0.511 e. The summed E-state index contributed by atoms with van der Waals surface area (Å²) in [6.45, 7) is 0. The van der Waals surface area contributed by atoms with Crippen molar-refractivity contribution in [3.05, 3.63) is 47.0 Å². The highest BCUT2D eigenvalue weighted by molar-refractivity contribution is 6.14. The molecule has 1 aromatic rings. The van der Waals surface area contributed by atoms with Crippen molar-refractivity contribution in [2.24, 2.45) is 10.5 Å². The van der Waals surface area contributed by atoms with Crippen molar-refractivity contribution in [2.75, 3.05) is 0 Å². The predicted molar refractivity (Wildman–Crippen MR) is 91.8 cm³/mol. The van der Waals surface area contributed by atoms with Gasteiger partial charge in [-0.3, -0.25) is 9.59 Å². The van der Waals surface area contributed by atoms with Crippen LogP contribution in [0, 0.1) is 11.2 Å². The van der Waals surface area contributed by atoms with Gasteiger partial charge in [-0.2, -0.15) is 5.10 Å². The van der Waals surface area contributed by atoms with Gasteiger partial charge in [0.25, 0.3) is 5.91 Å². The SMILES string of the molecule is O=C1CC2(CCCCC2)CC(O)=C1/C=N/NC(=O)c1ccccc1F. The second-order valence-corrected chi connectivity index (χ2v) is 6.88. The van der Waals surface area contributed by atoms with Gasteiger partial charge in [0.05, 0.1) is 17.4 Å². The highest BCUT2D eigenvalue weighted by Gasteiger charge is 2.40. The van der Waals surface area contributed by atoms with Gasteiger partial charge < -0.3 is 5.11 Å². The number of amides is 1. The normalized spacial score (nSPS) is 20.3. The summed E-state index contributed by atoms with van der Waals surface area (Å²) in [5, 5.41) is 14.0. The number of hydrogen-bond acceptors (Lipinski definition) is 4. The number of hydrazone groups is 1. The second kappa shape index (κ2) is 7.17. The minimum atomic E-state index is -0.707. The van der Waals surface area contributed by atoms with E-state index in [1.165, 1.54) is 24.6 Å². The standard InChI is InChI=1S/C19H21FN2O3/c20-15-7-3-2-6-13(15)18(25)22-21-12-14-16(23)10-19(11-17(14)24)8-4-1-5-9-19/h2-3,6-7,12,23H,1,4-5,8-11H2,(H,22,25)/b21-12+. The monoisotopic (exact) mass is 344 g/mol. The van der Waals surface area contributed by atoms with E-state index in [0.29, 0.717) is 12.8 Å². The van der Waals surface area contributed by atoms with E-state index in [2.05, 4.69) is 10.5 Å². The van der Waals surface area contributed by atoms with Crippen molar-refractivity contribution in [1.29, 1.82) is 0 Å². The Bertz CT molecular complexity index is 749. The van der Waals surface area contributed by atoms with Crippen molar-refractivity contribution in [1.82, 2.24) is 5.43 Å². The number of hydrogen-bond donors (Lipinski definition) is 2. The van der Waals surface area contributed by atoms with Crippen LogP contribution in [-0.4, -0.2) is 23.0 Å². The highest BCUT2D eigenvalue weighted by atomic mass is 19.1. The maximum atomic E-state index is 13.5. The van der Waals surface area contributed by atoms with Gasteiger partial charge in [0.1, 0.15) is 11.6 Å². The third kappa shape index (κ3) is 3.78. The molecule has 1 amide bonds. The van der Waals surface area contributed by atoms with Crippen LogP contribution in [0.15, 0.2) is 40.7 Å². The van der Waals surface area contributed by atoms with E-state index in [9.17, 15) is 19.1 Å². The van der Waals surface area contributed by atoms with Crippen LogP contribution in [0.4, 0.5) is 4.39 Å². The quantitative estimate of drug-likeness (QED) is 0.649. The molecule has 0 atom stereocenters. The Morgan fingerprint density at radius 3 is 2.60 bits per heavy atom. The molecule has 0 saturated heterocycles. The van der Waals surface area contributed by atoms with Gasteiger partial charge >= 0.3 is 0 Å². The van der Waals surface area contributed by atoms with Gasteiger partial charge in [-0.1, -0.05) is 31.4 Å². The molecule has 0 aromatic heterocycles. The summed E-state index contributed by atoms with van der Waals surface area (Å²) in [6, 6.07) is 5.56. The molecule has 1 spiro atoms. The smallest absolute Gasteiger partial charge is 0.274 e. The van der Waals surface area contributed by atoms with Crippen LogP contribution >= 0.6 is 0 Å². The Kier molecular flexibility index (Phi) is 4.97. The van der Waals surface area contributed by atoms with Gasteiger partial charge in [-0.05, 0) is 30.4 Å². The molecule has 5 nitrogen and oxygen atoms in total. The molecular formula is C19H21FN2O3. The molecule has 1 saturated carbocycles. The first kappa shape index (κ1) is 17.3. The molecule has 1 aromatic carbocycles. The van der Waals surface area contributed by atoms with Gasteiger partial charge in [-0.15, -0.1) is 0 Å². The number of nitrogens with zero attached hydrogens (tertiary/aromatic N) is 1. The molecule has 6 heteroatoms. The van der Waals surface area contributed by atoms with Gasteiger partial charge in [0, 0.05) is 12.8 Å². The summed E-state index contributed by atoms with van der Waals surface area (Å²) >= 11 is 0. The molecule has 0 aliphatic heterocycles. The summed E-state index contributed by atoms with van der Waals surface area (Å²) in [7, 11) is 0. The molecule has 132 valence electrons. The van der Waals surface area contributed by atoms with Crippen LogP contribution in [0.2, 0.25) is 0 Å². The third-order valence-electron chi connectivity index (χ3n) is 5.08. The fourth-order valence-corrected chi connectivity index (χ4v) is 3.77. The third-order valence-corrected chi connectivity index (χ3v) is 5.08. The summed E-state index contributed by atoms with van der Waals surface area (Å²) in [4.78, 5) is 24.3. The lowest BCUT2D eigenvalue weighted by molar-refractivity contribution is -0.119. The second-order valence-electron chi connectivity index (χ2n) is 6.88. The van der Waals surface area contributed by atoms with E-state index in [4.69, 9.17) is 0 Å². The molecule has 1 fully saturated rings. The molecule has 2 N–H and O–H groups in total. The van der Waals surface area contributed by atoms with Crippen molar-refractivity contribution < 1.29 is 19.1 Å². The summed E-state index contributed by atoms with van der Waals surface area (Å²) in [6.07, 6.45) is 7.30. The summed E-state index contributed by atoms with van der Waals surface area (Å²) in [5.41, 5.74) is 2.07. The Morgan fingerprint density at radius 1 is 1.20 bits per heavy atom. The van der Waals surface area contributed by atoms with Crippen LogP contribution in [0.5, 0.6) is 0 Å². The van der Waals surface area contributed by atoms with Crippen LogP contribution < -0.4 is 5.43 Å². The molecule has 0 unspecified atom stereocenters. The average molecular weight is 344 g/mol. The Balaban J connectivity index is 1.68.